The van der Waals surface area contributed by atoms with Gasteiger partial charge in [0, 0.05) is 18.4 Å². The fraction of sp³-hybridized carbons (Fsp3) is 0.600. The molecule has 2 rings (SSSR count). The SMILES string of the molecule is C=C1CC2OC(=O)C(C)C2C(CC(=O)O)(C(=O)OC)C1CC/C(C)=C/C(=O)O. The molecule has 0 aromatic heterocycles. The van der Waals surface area contributed by atoms with E-state index in [1.807, 2.05) is 0 Å². The molecular formula is C20H26O8. The predicted octanol–water partition coefficient (Wildman–Crippen LogP) is 2.19. The van der Waals surface area contributed by atoms with Gasteiger partial charge < -0.3 is 19.7 Å². The average Bonchev–Trinajstić information content (AvgIpc) is 2.86. The number of carboxylic acids is 2. The number of fused-ring (bicyclic) bond motifs is 1. The van der Waals surface area contributed by atoms with Gasteiger partial charge in [0.05, 0.1) is 24.9 Å². The Hall–Kier alpha value is -2.64. The topological polar surface area (TPSA) is 127 Å². The maximum absolute atomic E-state index is 13.0. The van der Waals surface area contributed by atoms with Gasteiger partial charge in [-0.3, -0.25) is 14.4 Å². The fourth-order valence-corrected chi connectivity index (χ4v) is 4.89. The van der Waals surface area contributed by atoms with Gasteiger partial charge in [0.15, 0.2) is 0 Å². The van der Waals surface area contributed by atoms with Crippen molar-refractivity contribution in [2.75, 3.05) is 7.11 Å². The summed E-state index contributed by atoms with van der Waals surface area (Å²) in [6, 6.07) is 0. The summed E-state index contributed by atoms with van der Waals surface area (Å²) in [4.78, 5) is 47.8. The van der Waals surface area contributed by atoms with Crippen molar-refractivity contribution < 1.29 is 38.9 Å². The van der Waals surface area contributed by atoms with Gasteiger partial charge in [0.25, 0.3) is 0 Å². The molecule has 8 heteroatoms. The quantitative estimate of drug-likeness (QED) is 0.382. The molecule has 5 atom stereocenters. The molecule has 1 saturated heterocycles. The van der Waals surface area contributed by atoms with Crippen LogP contribution in [0, 0.1) is 23.2 Å². The lowest BCUT2D eigenvalue weighted by Gasteiger charge is -2.49. The number of carboxylic acid groups (broad SMARTS) is 2. The van der Waals surface area contributed by atoms with E-state index in [-0.39, 0.29) is 0 Å². The molecular weight excluding hydrogens is 368 g/mol. The number of carbonyl (C=O) groups is 4. The zero-order valence-electron chi connectivity index (χ0n) is 16.3. The summed E-state index contributed by atoms with van der Waals surface area (Å²) in [6.45, 7) is 7.33. The fourth-order valence-electron chi connectivity index (χ4n) is 4.89. The van der Waals surface area contributed by atoms with Gasteiger partial charge in [-0.2, -0.15) is 0 Å². The largest absolute Gasteiger partial charge is 0.481 e. The number of methoxy groups -OCH3 is 1. The number of hydrogen-bond donors (Lipinski definition) is 2. The van der Waals surface area contributed by atoms with Crippen LogP contribution in [0.2, 0.25) is 0 Å². The third-order valence-electron chi connectivity index (χ3n) is 5.96. The third kappa shape index (κ3) is 3.81. The maximum atomic E-state index is 13.0. The molecule has 2 N–H and O–H groups in total. The van der Waals surface area contributed by atoms with Crippen molar-refractivity contribution in [2.45, 2.75) is 45.6 Å². The highest BCUT2D eigenvalue weighted by Crippen LogP contribution is 2.58. The zero-order chi connectivity index (χ0) is 21.2. The van der Waals surface area contributed by atoms with Crippen molar-refractivity contribution in [3.8, 4) is 0 Å². The average molecular weight is 394 g/mol. The van der Waals surface area contributed by atoms with Crippen molar-refractivity contribution in [2.24, 2.45) is 23.2 Å². The van der Waals surface area contributed by atoms with E-state index in [4.69, 9.17) is 14.6 Å². The highest BCUT2D eigenvalue weighted by molar-refractivity contribution is 5.87. The van der Waals surface area contributed by atoms with Crippen LogP contribution in [0.15, 0.2) is 23.8 Å². The Bertz CT molecular complexity index is 736. The monoisotopic (exact) mass is 394 g/mol. The van der Waals surface area contributed by atoms with Crippen molar-refractivity contribution in [3.63, 3.8) is 0 Å². The van der Waals surface area contributed by atoms with Gasteiger partial charge in [-0.25, -0.2) is 4.79 Å². The second-order valence-electron chi connectivity index (χ2n) is 7.67. The van der Waals surface area contributed by atoms with Crippen LogP contribution in [0.3, 0.4) is 0 Å². The molecule has 0 spiro atoms. The second-order valence-corrected chi connectivity index (χ2v) is 7.67. The van der Waals surface area contributed by atoms with Gasteiger partial charge in [0.2, 0.25) is 0 Å². The molecule has 2 aliphatic rings. The Kier molecular flexibility index (Phi) is 6.31. The minimum Gasteiger partial charge on any atom is -0.481 e. The van der Waals surface area contributed by atoms with Crippen LogP contribution >= 0.6 is 0 Å². The van der Waals surface area contributed by atoms with E-state index in [1.54, 1.807) is 13.8 Å². The molecule has 2 fully saturated rings. The van der Waals surface area contributed by atoms with E-state index >= 15 is 0 Å². The predicted molar refractivity (Wildman–Crippen MR) is 97.1 cm³/mol. The summed E-state index contributed by atoms with van der Waals surface area (Å²) >= 11 is 0. The smallest absolute Gasteiger partial charge is 0.328 e. The van der Waals surface area contributed by atoms with E-state index in [0.717, 1.165) is 6.08 Å². The van der Waals surface area contributed by atoms with Crippen LogP contribution in [-0.2, 0) is 28.7 Å². The molecule has 1 saturated carbocycles. The third-order valence-corrected chi connectivity index (χ3v) is 5.96. The molecule has 5 unspecified atom stereocenters. The van der Waals surface area contributed by atoms with Gasteiger partial charge in [-0.05, 0) is 25.7 Å². The summed E-state index contributed by atoms with van der Waals surface area (Å²) in [5, 5.41) is 18.5. The molecule has 28 heavy (non-hydrogen) atoms. The Balaban J connectivity index is 2.53. The lowest BCUT2D eigenvalue weighted by atomic mass is 9.53. The number of aliphatic carboxylic acids is 2. The number of ether oxygens (including phenoxy) is 2. The first-order chi connectivity index (χ1) is 13.0. The lowest BCUT2D eigenvalue weighted by molar-refractivity contribution is -0.173. The molecule has 0 radical (unpaired) electrons. The van der Waals surface area contributed by atoms with Gasteiger partial charge in [-0.15, -0.1) is 0 Å². The van der Waals surface area contributed by atoms with Crippen LogP contribution < -0.4 is 0 Å². The minimum atomic E-state index is -1.50. The molecule has 0 aromatic carbocycles. The van der Waals surface area contributed by atoms with Crippen LogP contribution in [0.4, 0.5) is 0 Å². The van der Waals surface area contributed by atoms with Crippen molar-refractivity contribution >= 4 is 23.9 Å². The normalized spacial score (nSPS) is 32.5. The Morgan fingerprint density at radius 3 is 2.54 bits per heavy atom. The highest BCUT2D eigenvalue weighted by Gasteiger charge is 2.65. The van der Waals surface area contributed by atoms with Gasteiger partial charge in [0.1, 0.15) is 6.10 Å². The molecule has 1 aliphatic heterocycles. The summed E-state index contributed by atoms with van der Waals surface area (Å²) in [7, 11) is 1.19. The summed E-state index contributed by atoms with van der Waals surface area (Å²) < 4.78 is 10.4. The van der Waals surface area contributed by atoms with Crippen LogP contribution in [0.1, 0.15) is 39.5 Å². The summed E-state index contributed by atoms with van der Waals surface area (Å²) in [5.74, 6) is -5.32. The van der Waals surface area contributed by atoms with E-state index in [9.17, 15) is 24.3 Å². The Morgan fingerprint density at radius 1 is 1.36 bits per heavy atom. The molecule has 0 amide bonds. The molecule has 1 heterocycles. The number of carbonyl (C=O) groups excluding carboxylic acids is 2. The van der Waals surface area contributed by atoms with E-state index < -0.39 is 59.6 Å². The van der Waals surface area contributed by atoms with Crippen LogP contribution in [0.5, 0.6) is 0 Å². The number of esters is 2. The van der Waals surface area contributed by atoms with Crippen molar-refractivity contribution in [1.29, 1.82) is 0 Å². The maximum Gasteiger partial charge on any atom is 0.328 e. The number of hydrogen-bond acceptors (Lipinski definition) is 6. The lowest BCUT2D eigenvalue weighted by Crippen LogP contribution is -2.55. The zero-order valence-corrected chi connectivity index (χ0v) is 16.3. The second kappa shape index (κ2) is 8.16. The molecule has 8 nitrogen and oxygen atoms in total. The van der Waals surface area contributed by atoms with Gasteiger partial charge in [-0.1, -0.05) is 24.6 Å². The molecule has 154 valence electrons. The Labute approximate surface area is 163 Å². The van der Waals surface area contributed by atoms with E-state index in [2.05, 4.69) is 6.58 Å². The summed E-state index contributed by atoms with van der Waals surface area (Å²) in [5.41, 5.74) is -0.309. The number of rotatable bonds is 7. The first-order valence-corrected chi connectivity index (χ1v) is 9.13. The van der Waals surface area contributed by atoms with Gasteiger partial charge >= 0.3 is 23.9 Å². The number of allylic oxidation sites excluding steroid dienone is 1. The first kappa shape index (κ1) is 21.7. The molecule has 0 bridgehead atoms. The highest BCUT2D eigenvalue weighted by atomic mass is 16.6. The van der Waals surface area contributed by atoms with E-state index in [1.165, 1.54) is 7.11 Å². The van der Waals surface area contributed by atoms with Crippen molar-refractivity contribution in [3.05, 3.63) is 23.8 Å². The standard InChI is InChI=1S/C20H26O8/c1-10(7-15(21)22)5-6-13-11(2)8-14-17(12(3)18(25)28-14)20(13,9-16(23)24)19(26)27-4/h7,12-14,17H,2,5-6,8-9H2,1,3-4H3,(H,21,22)(H,23,24)/b10-7+. The molecule has 0 aromatic rings. The first-order valence-electron chi connectivity index (χ1n) is 9.13. The van der Waals surface area contributed by atoms with Crippen LogP contribution in [0.25, 0.3) is 0 Å². The Morgan fingerprint density at radius 2 is 2.00 bits per heavy atom. The van der Waals surface area contributed by atoms with Crippen molar-refractivity contribution in [1.82, 2.24) is 0 Å². The summed E-state index contributed by atoms with van der Waals surface area (Å²) in [6.07, 6.45) is 0.936. The minimum absolute atomic E-state index is 0.320. The van der Waals surface area contributed by atoms with Crippen LogP contribution in [-0.4, -0.2) is 47.3 Å². The van der Waals surface area contributed by atoms with E-state index in [0.29, 0.717) is 30.4 Å². The molecule has 1 aliphatic carbocycles.